The van der Waals surface area contributed by atoms with E-state index >= 15 is 0 Å². The first kappa shape index (κ1) is 19.0. The predicted octanol–water partition coefficient (Wildman–Crippen LogP) is 2.19. The van der Waals surface area contributed by atoms with E-state index in [2.05, 4.69) is 4.98 Å². The van der Waals surface area contributed by atoms with Gasteiger partial charge in [0, 0.05) is 6.04 Å². The van der Waals surface area contributed by atoms with Gasteiger partial charge in [0.25, 0.3) is 10.1 Å². The van der Waals surface area contributed by atoms with Crippen LogP contribution in [-0.4, -0.2) is 30.6 Å². The van der Waals surface area contributed by atoms with Crippen LogP contribution in [0.3, 0.4) is 0 Å². The van der Waals surface area contributed by atoms with Gasteiger partial charge in [-0.05, 0) is 38.1 Å². The molecule has 0 saturated carbocycles. The highest BCUT2D eigenvalue weighted by Crippen LogP contribution is 2.09. The number of ether oxygens (including phenoxy) is 1. The minimum Gasteiger partial charge on any atom is -0.490 e. The number of benzene rings is 1. The molecule has 1 aromatic carbocycles. The highest BCUT2D eigenvalue weighted by molar-refractivity contribution is 7.85. The Morgan fingerprint density at radius 3 is 2.30 bits per heavy atom. The molecule has 8 heteroatoms. The standard InChI is InChI=1S/C8H11FN2O.C7H8O3S/c1-6(10)5-12-7-2-3-8(9)11-4-7;1-6-2-4-7(5-3-6)11(8,9)10/h2-4,6H,5,10H2,1H3;2-5H,1H3,(H,8,9,10)/t6-;/m0./s1. The fourth-order valence-corrected chi connectivity index (χ4v) is 1.87. The van der Waals surface area contributed by atoms with E-state index in [-0.39, 0.29) is 10.9 Å². The van der Waals surface area contributed by atoms with E-state index in [4.69, 9.17) is 15.0 Å². The highest BCUT2D eigenvalue weighted by Gasteiger charge is 2.06. The van der Waals surface area contributed by atoms with Crippen LogP contribution >= 0.6 is 0 Å². The molecular weight excluding hydrogens is 323 g/mol. The maximum atomic E-state index is 12.3. The van der Waals surface area contributed by atoms with Gasteiger partial charge in [-0.25, -0.2) is 4.98 Å². The van der Waals surface area contributed by atoms with Gasteiger partial charge in [0.1, 0.15) is 12.4 Å². The summed E-state index contributed by atoms with van der Waals surface area (Å²) in [6, 6.07) is 8.72. The molecule has 0 bridgehead atoms. The molecule has 1 aromatic heterocycles. The number of pyridine rings is 1. The number of aromatic nitrogens is 1. The summed E-state index contributed by atoms with van der Waals surface area (Å²) >= 11 is 0. The van der Waals surface area contributed by atoms with Crippen molar-refractivity contribution in [1.82, 2.24) is 4.98 Å². The lowest BCUT2D eigenvalue weighted by Crippen LogP contribution is -2.23. The van der Waals surface area contributed by atoms with Gasteiger partial charge >= 0.3 is 0 Å². The molecule has 6 nitrogen and oxygen atoms in total. The summed E-state index contributed by atoms with van der Waals surface area (Å²) < 4.78 is 47.0. The van der Waals surface area contributed by atoms with E-state index in [1.54, 1.807) is 12.1 Å². The first-order valence-corrected chi connectivity index (χ1v) is 8.16. The number of hydrogen-bond donors (Lipinski definition) is 2. The van der Waals surface area contributed by atoms with E-state index in [1.807, 2.05) is 13.8 Å². The molecule has 0 aliphatic carbocycles. The smallest absolute Gasteiger partial charge is 0.294 e. The summed E-state index contributed by atoms with van der Waals surface area (Å²) in [5, 5.41) is 0. The quantitative estimate of drug-likeness (QED) is 0.652. The van der Waals surface area contributed by atoms with Crippen molar-refractivity contribution < 1.29 is 22.1 Å². The van der Waals surface area contributed by atoms with Crippen molar-refractivity contribution in [1.29, 1.82) is 0 Å². The molecule has 3 N–H and O–H groups in total. The van der Waals surface area contributed by atoms with E-state index < -0.39 is 16.1 Å². The average Bonchev–Trinajstić information content (AvgIpc) is 2.47. The predicted molar refractivity (Wildman–Crippen MR) is 84.3 cm³/mol. The van der Waals surface area contributed by atoms with Crippen molar-refractivity contribution in [2.45, 2.75) is 24.8 Å². The van der Waals surface area contributed by atoms with Gasteiger partial charge in [-0.15, -0.1) is 0 Å². The topological polar surface area (TPSA) is 103 Å². The van der Waals surface area contributed by atoms with Crippen LogP contribution < -0.4 is 10.5 Å². The summed E-state index contributed by atoms with van der Waals surface area (Å²) in [4.78, 5) is 3.36. The van der Waals surface area contributed by atoms with Crippen LogP contribution in [0.2, 0.25) is 0 Å². The zero-order chi connectivity index (χ0) is 17.5. The molecule has 2 aromatic rings. The van der Waals surface area contributed by atoms with Crippen molar-refractivity contribution in [3.63, 3.8) is 0 Å². The van der Waals surface area contributed by atoms with Crippen LogP contribution in [0.15, 0.2) is 47.5 Å². The molecule has 0 fully saturated rings. The molecule has 2 rings (SSSR count). The summed E-state index contributed by atoms with van der Waals surface area (Å²) in [7, 11) is -4.02. The van der Waals surface area contributed by atoms with Crippen LogP contribution in [0.4, 0.5) is 4.39 Å². The Balaban J connectivity index is 0.000000231. The fourth-order valence-electron chi connectivity index (χ4n) is 1.39. The van der Waals surface area contributed by atoms with E-state index in [0.717, 1.165) is 5.56 Å². The molecule has 0 radical (unpaired) electrons. The average molecular weight is 342 g/mol. The normalized spacial score (nSPS) is 12.0. The molecule has 23 heavy (non-hydrogen) atoms. The number of nitrogens with zero attached hydrogens (tertiary/aromatic N) is 1. The van der Waals surface area contributed by atoms with Crippen molar-refractivity contribution in [2.24, 2.45) is 5.73 Å². The Hall–Kier alpha value is -2.03. The molecule has 1 atom stereocenters. The van der Waals surface area contributed by atoms with Crippen molar-refractivity contribution >= 4 is 10.1 Å². The zero-order valence-corrected chi connectivity index (χ0v) is 13.6. The van der Waals surface area contributed by atoms with Gasteiger partial charge in [-0.2, -0.15) is 12.8 Å². The third-order valence-electron chi connectivity index (χ3n) is 2.53. The lowest BCUT2D eigenvalue weighted by Gasteiger charge is -2.07. The van der Waals surface area contributed by atoms with E-state index in [1.165, 1.54) is 30.5 Å². The lowest BCUT2D eigenvalue weighted by atomic mass is 10.2. The summed E-state index contributed by atoms with van der Waals surface area (Å²) in [5.41, 5.74) is 6.41. The van der Waals surface area contributed by atoms with E-state index in [0.29, 0.717) is 12.4 Å². The van der Waals surface area contributed by atoms with Crippen molar-refractivity contribution in [2.75, 3.05) is 6.61 Å². The first-order chi connectivity index (χ1) is 10.7. The minimum atomic E-state index is -4.02. The fraction of sp³-hybridized carbons (Fsp3) is 0.267. The maximum Gasteiger partial charge on any atom is 0.294 e. The molecule has 0 spiro atoms. The monoisotopic (exact) mass is 342 g/mol. The van der Waals surface area contributed by atoms with Crippen LogP contribution in [-0.2, 0) is 10.1 Å². The number of aryl methyl sites for hydroxylation is 1. The minimum absolute atomic E-state index is 0.0324. The molecule has 126 valence electrons. The van der Waals surface area contributed by atoms with Crippen LogP contribution in [0, 0.1) is 12.9 Å². The van der Waals surface area contributed by atoms with Gasteiger partial charge in [0.05, 0.1) is 11.1 Å². The SMILES string of the molecule is C[C@H](N)COc1ccc(F)nc1.Cc1ccc(S(=O)(=O)O)cc1. The third kappa shape index (κ3) is 7.68. The number of hydrogen-bond acceptors (Lipinski definition) is 5. The lowest BCUT2D eigenvalue weighted by molar-refractivity contribution is 0.294. The highest BCUT2D eigenvalue weighted by atomic mass is 32.2. The van der Waals surface area contributed by atoms with Crippen molar-refractivity contribution in [3.8, 4) is 5.75 Å². The Labute approximate surface area is 134 Å². The molecule has 0 unspecified atom stereocenters. The molecule has 0 amide bonds. The second-order valence-corrected chi connectivity index (χ2v) is 6.31. The molecular formula is C15H19FN2O4S. The van der Waals surface area contributed by atoms with Crippen LogP contribution in [0.1, 0.15) is 12.5 Å². The van der Waals surface area contributed by atoms with Gasteiger partial charge in [-0.1, -0.05) is 17.7 Å². The first-order valence-electron chi connectivity index (χ1n) is 6.72. The molecule has 0 aliphatic rings. The number of nitrogens with two attached hydrogens (primary N) is 1. The number of halogens is 1. The summed E-state index contributed by atoms with van der Waals surface area (Å²) in [5.74, 6) is 0.0249. The summed E-state index contributed by atoms with van der Waals surface area (Å²) in [6.45, 7) is 4.08. The van der Waals surface area contributed by atoms with Gasteiger partial charge in [-0.3, -0.25) is 4.55 Å². The van der Waals surface area contributed by atoms with E-state index in [9.17, 15) is 12.8 Å². The third-order valence-corrected chi connectivity index (χ3v) is 3.40. The van der Waals surface area contributed by atoms with Crippen molar-refractivity contribution in [3.05, 3.63) is 54.1 Å². The largest absolute Gasteiger partial charge is 0.490 e. The van der Waals surface area contributed by atoms with Gasteiger partial charge < -0.3 is 10.5 Å². The Kier molecular flexibility index (Phi) is 7.08. The van der Waals surface area contributed by atoms with Crippen LogP contribution in [0.5, 0.6) is 5.75 Å². The van der Waals surface area contributed by atoms with Crippen LogP contribution in [0.25, 0.3) is 0 Å². The second kappa shape index (κ2) is 8.56. The Morgan fingerprint density at radius 2 is 1.87 bits per heavy atom. The summed E-state index contributed by atoms with van der Waals surface area (Å²) in [6.07, 6.45) is 1.33. The molecule has 1 heterocycles. The molecule has 0 aliphatic heterocycles. The second-order valence-electron chi connectivity index (χ2n) is 4.89. The van der Waals surface area contributed by atoms with Gasteiger partial charge in [0.15, 0.2) is 0 Å². The number of rotatable bonds is 4. The zero-order valence-electron chi connectivity index (χ0n) is 12.8. The van der Waals surface area contributed by atoms with Gasteiger partial charge in [0.2, 0.25) is 5.95 Å². The Morgan fingerprint density at radius 1 is 1.26 bits per heavy atom. The molecule has 0 saturated heterocycles. The Bertz CT molecular complexity index is 701. The maximum absolute atomic E-state index is 12.3.